The van der Waals surface area contributed by atoms with Gasteiger partial charge in [-0.05, 0) is 30.5 Å². The molecule has 0 spiro atoms. The molecule has 0 unspecified atom stereocenters. The average molecular weight is 252 g/mol. The van der Waals surface area contributed by atoms with Gasteiger partial charge in [0.1, 0.15) is 0 Å². The van der Waals surface area contributed by atoms with Gasteiger partial charge in [0.15, 0.2) is 11.6 Å². The highest BCUT2D eigenvalue weighted by Crippen LogP contribution is 2.15. The van der Waals surface area contributed by atoms with Crippen LogP contribution in [0.25, 0.3) is 0 Å². The SMILES string of the molecule is O=C(CNCc1ccc(O)c(F)c1)N1CCCC1. The van der Waals surface area contributed by atoms with Gasteiger partial charge in [0.25, 0.3) is 0 Å². The van der Waals surface area contributed by atoms with Crippen LogP contribution in [0.1, 0.15) is 18.4 Å². The van der Waals surface area contributed by atoms with E-state index in [1.54, 1.807) is 6.07 Å². The number of nitrogens with one attached hydrogen (secondary N) is 1. The second-order valence-corrected chi connectivity index (χ2v) is 4.48. The van der Waals surface area contributed by atoms with Crippen LogP contribution in [0, 0.1) is 5.82 Å². The average Bonchev–Trinajstić information content (AvgIpc) is 2.87. The number of aromatic hydroxyl groups is 1. The number of likely N-dealkylation sites (tertiary alicyclic amines) is 1. The molecule has 0 atom stereocenters. The summed E-state index contributed by atoms with van der Waals surface area (Å²) in [6.45, 7) is 2.36. The number of hydrogen-bond donors (Lipinski definition) is 2. The number of benzene rings is 1. The van der Waals surface area contributed by atoms with Crippen LogP contribution in [0.3, 0.4) is 0 Å². The second kappa shape index (κ2) is 5.82. The van der Waals surface area contributed by atoms with E-state index in [4.69, 9.17) is 5.11 Å². The first-order valence-corrected chi connectivity index (χ1v) is 6.13. The number of nitrogens with zero attached hydrogens (tertiary/aromatic N) is 1. The lowest BCUT2D eigenvalue weighted by Crippen LogP contribution is -2.35. The molecule has 1 aliphatic rings. The van der Waals surface area contributed by atoms with E-state index in [9.17, 15) is 9.18 Å². The van der Waals surface area contributed by atoms with Crippen LogP contribution in [-0.4, -0.2) is 35.5 Å². The summed E-state index contributed by atoms with van der Waals surface area (Å²) in [4.78, 5) is 13.5. The molecule has 0 aromatic heterocycles. The van der Waals surface area contributed by atoms with E-state index in [0.717, 1.165) is 25.9 Å². The van der Waals surface area contributed by atoms with Crippen molar-refractivity contribution in [1.82, 2.24) is 10.2 Å². The third-order valence-electron chi connectivity index (χ3n) is 3.08. The molecule has 5 heteroatoms. The van der Waals surface area contributed by atoms with Crippen molar-refractivity contribution >= 4 is 5.91 Å². The molecule has 2 N–H and O–H groups in total. The number of phenols is 1. The molecule has 2 rings (SSSR count). The normalized spacial score (nSPS) is 15.1. The lowest BCUT2D eigenvalue weighted by Gasteiger charge is -2.15. The molecule has 98 valence electrons. The highest BCUT2D eigenvalue weighted by Gasteiger charge is 2.16. The van der Waals surface area contributed by atoms with Crippen LogP contribution >= 0.6 is 0 Å². The maximum Gasteiger partial charge on any atom is 0.236 e. The summed E-state index contributed by atoms with van der Waals surface area (Å²) < 4.78 is 13.1. The Balaban J connectivity index is 1.77. The van der Waals surface area contributed by atoms with E-state index in [2.05, 4.69) is 5.32 Å². The Morgan fingerprint density at radius 3 is 2.78 bits per heavy atom. The lowest BCUT2D eigenvalue weighted by atomic mass is 10.2. The van der Waals surface area contributed by atoms with E-state index in [0.29, 0.717) is 12.1 Å². The molecule has 1 aromatic rings. The molecule has 0 saturated carbocycles. The smallest absolute Gasteiger partial charge is 0.236 e. The highest BCUT2D eigenvalue weighted by molar-refractivity contribution is 5.78. The Hall–Kier alpha value is -1.62. The third kappa shape index (κ3) is 3.20. The van der Waals surface area contributed by atoms with Crippen LogP contribution in [0.2, 0.25) is 0 Å². The van der Waals surface area contributed by atoms with Crippen molar-refractivity contribution < 1.29 is 14.3 Å². The van der Waals surface area contributed by atoms with Crippen molar-refractivity contribution in [3.05, 3.63) is 29.6 Å². The fourth-order valence-corrected chi connectivity index (χ4v) is 2.05. The topological polar surface area (TPSA) is 52.6 Å². The maximum atomic E-state index is 13.1. The Labute approximate surface area is 105 Å². The van der Waals surface area contributed by atoms with Gasteiger partial charge in [-0.25, -0.2) is 4.39 Å². The van der Waals surface area contributed by atoms with E-state index >= 15 is 0 Å². The number of carbonyl (C=O) groups is 1. The summed E-state index contributed by atoms with van der Waals surface area (Å²) in [6.07, 6.45) is 2.16. The minimum atomic E-state index is -0.639. The zero-order valence-corrected chi connectivity index (χ0v) is 10.2. The highest BCUT2D eigenvalue weighted by atomic mass is 19.1. The maximum absolute atomic E-state index is 13.1. The van der Waals surface area contributed by atoms with Gasteiger partial charge in [-0.3, -0.25) is 4.79 Å². The number of amides is 1. The van der Waals surface area contributed by atoms with Crippen LogP contribution in [0.4, 0.5) is 4.39 Å². The molecular formula is C13H17FN2O2. The van der Waals surface area contributed by atoms with E-state index in [-0.39, 0.29) is 18.2 Å². The van der Waals surface area contributed by atoms with Crippen molar-refractivity contribution in [3.8, 4) is 5.75 Å². The van der Waals surface area contributed by atoms with E-state index in [1.165, 1.54) is 12.1 Å². The van der Waals surface area contributed by atoms with Crippen molar-refractivity contribution in [2.45, 2.75) is 19.4 Å². The minimum absolute atomic E-state index is 0.0896. The number of rotatable bonds is 4. The van der Waals surface area contributed by atoms with Crippen LogP contribution in [0.5, 0.6) is 5.75 Å². The molecule has 0 bridgehead atoms. The number of hydrogen-bond acceptors (Lipinski definition) is 3. The predicted octanol–water partition coefficient (Wildman–Crippen LogP) is 1.24. The first kappa shape index (κ1) is 12.8. The monoisotopic (exact) mass is 252 g/mol. The summed E-state index contributed by atoms with van der Waals surface area (Å²) in [5, 5.41) is 12.0. The number of phenolic OH excluding ortho intramolecular Hbond substituents is 1. The van der Waals surface area contributed by atoms with Gasteiger partial charge < -0.3 is 15.3 Å². The number of carbonyl (C=O) groups excluding carboxylic acids is 1. The van der Waals surface area contributed by atoms with Gasteiger partial charge in [0, 0.05) is 19.6 Å². The molecular weight excluding hydrogens is 235 g/mol. The zero-order valence-electron chi connectivity index (χ0n) is 10.2. The quantitative estimate of drug-likeness (QED) is 0.847. The Kier molecular flexibility index (Phi) is 4.15. The second-order valence-electron chi connectivity index (χ2n) is 4.48. The summed E-state index contributed by atoms with van der Waals surface area (Å²) in [7, 11) is 0. The largest absolute Gasteiger partial charge is 0.505 e. The van der Waals surface area contributed by atoms with Gasteiger partial charge in [-0.2, -0.15) is 0 Å². The molecule has 4 nitrogen and oxygen atoms in total. The molecule has 0 radical (unpaired) electrons. The summed E-state index contributed by atoms with van der Waals surface area (Å²) in [6, 6.07) is 4.21. The van der Waals surface area contributed by atoms with Gasteiger partial charge in [0.2, 0.25) is 5.91 Å². The summed E-state index contributed by atoms with van der Waals surface area (Å²) in [5.41, 5.74) is 0.708. The minimum Gasteiger partial charge on any atom is -0.505 e. The van der Waals surface area contributed by atoms with Gasteiger partial charge in [-0.1, -0.05) is 6.07 Å². The van der Waals surface area contributed by atoms with Gasteiger partial charge in [0.05, 0.1) is 6.54 Å². The molecule has 1 saturated heterocycles. The van der Waals surface area contributed by atoms with Crippen molar-refractivity contribution in [2.24, 2.45) is 0 Å². The van der Waals surface area contributed by atoms with Gasteiger partial charge in [-0.15, -0.1) is 0 Å². The zero-order chi connectivity index (χ0) is 13.0. The third-order valence-corrected chi connectivity index (χ3v) is 3.08. The fraction of sp³-hybridized carbons (Fsp3) is 0.462. The Morgan fingerprint density at radius 2 is 2.11 bits per heavy atom. The molecule has 1 amide bonds. The summed E-state index contributed by atoms with van der Waals surface area (Å²) in [5.74, 6) is -0.904. The van der Waals surface area contributed by atoms with Crippen LogP contribution in [-0.2, 0) is 11.3 Å². The fourth-order valence-electron chi connectivity index (χ4n) is 2.05. The van der Waals surface area contributed by atoms with Crippen molar-refractivity contribution in [2.75, 3.05) is 19.6 Å². The molecule has 18 heavy (non-hydrogen) atoms. The summed E-state index contributed by atoms with van der Waals surface area (Å²) >= 11 is 0. The molecule has 1 fully saturated rings. The Morgan fingerprint density at radius 1 is 1.39 bits per heavy atom. The molecule has 0 aliphatic carbocycles. The first-order valence-electron chi connectivity index (χ1n) is 6.13. The lowest BCUT2D eigenvalue weighted by molar-refractivity contribution is -0.129. The Bertz CT molecular complexity index is 431. The van der Waals surface area contributed by atoms with Crippen molar-refractivity contribution in [3.63, 3.8) is 0 Å². The van der Waals surface area contributed by atoms with E-state index in [1.807, 2.05) is 4.90 Å². The standard InChI is InChI=1S/C13H17FN2O2/c14-11-7-10(3-4-12(11)17)8-15-9-13(18)16-5-1-2-6-16/h3-4,7,15,17H,1-2,5-6,8-9H2. The van der Waals surface area contributed by atoms with Crippen LogP contribution < -0.4 is 5.32 Å². The van der Waals surface area contributed by atoms with Crippen molar-refractivity contribution in [1.29, 1.82) is 0 Å². The predicted molar refractivity (Wildman–Crippen MR) is 65.6 cm³/mol. The van der Waals surface area contributed by atoms with E-state index < -0.39 is 5.82 Å². The van der Waals surface area contributed by atoms with Crippen LogP contribution in [0.15, 0.2) is 18.2 Å². The molecule has 1 aromatic carbocycles. The first-order chi connectivity index (χ1) is 8.66. The van der Waals surface area contributed by atoms with Gasteiger partial charge >= 0.3 is 0 Å². The number of halogens is 1. The molecule has 1 heterocycles. The molecule has 1 aliphatic heterocycles.